The molecule has 1 aromatic rings. The van der Waals surface area contributed by atoms with Crippen LogP contribution in [-0.4, -0.2) is 6.54 Å². The molecule has 4 heteroatoms. The van der Waals surface area contributed by atoms with Gasteiger partial charge in [0.1, 0.15) is 0 Å². The topological polar surface area (TPSA) is 38.0 Å². The van der Waals surface area contributed by atoms with Gasteiger partial charge in [0.25, 0.3) is 0 Å². The summed E-state index contributed by atoms with van der Waals surface area (Å²) in [5.41, 5.74) is 7.26. The lowest BCUT2D eigenvalue weighted by atomic mass is 9.99. The molecule has 1 aromatic carbocycles. The summed E-state index contributed by atoms with van der Waals surface area (Å²) in [5.74, 6) is 0.750. The number of nitrogens with one attached hydrogen (secondary N) is 1. The van der Waals surface area contributed by atoms with Gasteiger partial charge in [-0.2, -0.15) is 0 Å². The molecule has 19 heavy (non-hydrogen) atoms. The molecule has 0 saturated heterocycles. The van der Waals surface area contributed by atoms with Crippen LogP contribution in [0.25, 0.3) is 0 Å². The van der Waals surface area contributed by atoms with Gasteiger partial charge in [0, 0.05) is 6.54 Å². The van der Waals surface area contributed by atoms with Gasteiger partial charge in [-0.05, 0) is 36.6 Å². The number of halogens is 2. The Kier molecular flexibility index (Phi) is 7.59. The summed E-state index contributed by atoms with van der Waals surface area (Å²) in [5, 5.41) is 4.54. The van der Waals surface area contributed by atoms with Crippen molar-refractivity contribution >= 4 is 28.9 Å². The van der Waals surface area contributed by atoms with Gasteiger partial charge >= 0.3 is 0 Å². The molecule has 0 aromatic heterocycles. The second kappa shape index (κ2) is 8.68. The Balaban J connectivity index is 2.44. The molecule has 108 valence electrons. The van der Waals surface area contributed by atoms with E-state index in [1.807, 2.05) is 12.1 Å². The monoisotopic (exact) mass is 302 g/mol. The molecular formula is C15H24Cl2N2. The summed E-state index contributed by atoms with van der Waals surface area (Å²) >= 11 is 12.0. The average molecular weight is 303 g/mol. The van der Waals surface area contributed by atoms with Crippen LogP contribution in [0, 0.1) is 5.92 Å². The predicted octanol–water partition coefficient (Wildman–Crippen LogP) is 4.88. The highest BCUT2D eigenvalue weighted by atomic mass is 35.5. The number of unbranched alkanes of at least 4 members (excludes halogenated alkanes) is 1. The lowest BCUT2D eigenvalue weighted by Gasteiger charge is -2.15. The molecule has 0 saturated carbocycles. The smallest absolute Gasteiger partial charge is 0.0693 e. The molecule has 0 spiro atoms. The van der Waals surface area contributed by atoms with E-state index in [-0.39, 0.29) is 0 Å². The van der Waals surface area contributed by atoms with Gasteiger partial charge in [0.05, 0.1) is 15.7 Å². The van der Waals surface area contributed by atoms with Crippen LogP contribution in [-0.2, 0) is 6.54 Å². The average Bonchev–Trinajstić information content (AvgIpc) is 2.39. The third-order valence-electron chi connectivity index (χ3n) is 3.44. The van der Waals surface area contributed by atoms with Gasteiger partial charge in [-0.15, -0.1) is 0 Å². The molecule has 0 bridgehead atoms. The van der Waals surface area contributed by atoms with Crippen molar-refractivity contribution in [1.82, 2.24) is 5.32 Å². The number of benzene rings is 1. The number of rotatable bonds is 8. The number of hydrogen-bond acceptors (Lipinski definition) is 2. The third kappa shape index (κ3) is 5.60. The van der Waals surface area contributed by atoms with Gasteiger partial charge in [-0.3, -0.25) is 0 Å². The molecule has 0 heterocycles. The highest BCUT2D eigenvalue weighted by Crippen LogP contribution is 2.28. The zero-order chi connectivity index (χ0) is 14.3. The number of nitrogen functional groups attached to an aromatic ring is 1. The summed E-state index contributed by atoms with van der Waals surface area (Å²) in [6.45, 7) is 6.30. The Morgan fingerprint density at radius 1 is 1.21 bits per heavy atom. The van der Waals surface area contributed by atoms with Crippen molar-refractivity contribution in [3.63, 3.8) is 0 Å². The maximum absolute atomic E-state index is 6.02. The first-order valence-electron chi connectivity index (χ1n) is 7.02. The summed E-state index contributed by atoms with van der Waals surface area (Å²) < 4.78 is 0. The molecule has 0 aliphatic rings. The van der Waals surface area contributed by atoms with Crippen molar-refractivity contribution in [2.75, 3.05) is 12.3 Å². The highest BCUT2D eigenvalue weighted by Gasteiger charge is 2.07. The Hall–Kier alpha value is -0.440. The first-order valence-corrected chi connectivity index (χ1v) is 7.78. The van der Waals surface area contributed by atoms with E-state index < -0.39 is 0 Å². The van der Waals surface area contributed by atoms with Crippen LogP contribution in [0.4, 0.5) is 5.69 Å². The number of hydrogen-bond donors (Lipinski definition) is 2. The maximum Gasteiger partial charge on any atom is 0.0693 e. The number of anilines is 1. The van der Waals surface area contributed by atoms with E-state index in [1.54, 1.807) is 0 Å². The van der Waals surface area contributed by atoms with E-state index in [0.29, 0.717) is 15.7 Å². The third-order valence-corrected chi connectivity index (χ3v) is 4.07. The lowest BCUT2D eigenvalue weighted by Crippen LogP contribution is -2.22. The first kappa shape index (κ1) is 16.6. The molecule has 0 amide bonds. The SMILES string of the molecule is CCCCC(CC)CNCc1cc(Cl)c(N)c(Cl)c1. The quantitative estimate of drug-likeness (QED) is 0.672. The van der Waals surface area contributed by atoms with Crippen LogP contribution in [0.1, 0.15) is 45.1 Å². The van der Waals surface area contributed by atoms with Gasteiger partial charge in [0.2, 0.25) is 0 Å². The molecule has 1 rings (SSSR count). The van der Waals surface area contributed by atoms with E-state index in [0.717, 1.165) is 24.6 Å². The minimum atomic E-state index is 0.460. The fourth-order valence-electron chi connectivity index (χ4n) is 2.10. The van der Waals surface area contributed by atoms with Gasteiger partial charge in [-0.25, -0.2) is 0 Å². The lowest BCUT2D eigenvalue weighted by molar-refractivity contribution is 0.419. The summed E-state index contributed by atoms with van der Waals surface area (Å²) in [7, 11) is 0. The van der Waals surface area contributed by atoms with Gasteiger partial charge in [0.15, 0.2) is 0 Å². The Labute approximate surface area is 126 Å². The van der Waals surface area contributed by atoms with Crippen LogP contribution in [0.5, 0.6) is 0 Å². The molecule has 0 aliphatic heterocycles. The molecular weight excluding hydrogens is 279 g/mol. The van der Waals surface area contributed by atoms with Crippen LogP contribution < -0.4 is 11.1 Å². The van der Waals surface area contributed by atoms with Crippen molar-refractivity contribution in [2.24, 2.45) is 5.92 Å². The molecule has 3 N–H and O–H groups in total. The zero-order valence-corrected chi connectivity index (χ0v) is 13.3. The van der Waals surface area contributed by atoms with Gasteiger partial charge in [-0.1, -0.05) is 56.3 Å². The summed E-state index contributed by atoms with van der Waals surface area (Å²) in [4.78, 5) is 0. The van der Waals surface area contributed by atoms with E-state index >= 15 is 0 Å². The van der Waals surface area contributed by atoms with Crippen LogP contribution >= 0.6 is 23.2 Å². The summed E-state index contributed by atoms with van der Waals surface area (Å²) in [6.07, 6.45) is 5.08. The minimum absolute atomic E-state index is 0.460. The predicted molar refractivity (Wildman–Crippen MR) is 85.9 cm³/mol. The second-order valence-corrected chi connectivity index (χ2v) is 5.83. The Morgan fingerprint density at radius 2 is 1.84 bits per heavy atom. The normalized spacial score (nSPS) is 12.6. The first-order chi connectivity index (χ1) is 9.08. The largest absolute Gasteiger partial charge is 0.396 e. The van der Waals surface area contributed by atoms with E-state index in [9.17, 15) is 0 Å². The molecule has 0 fully saturated rings. The molecule has 0 radical (unpaired) electrons. The highest BCUT2D eigenvalue weighted by molar-refractivity contribution is 6.38. The second-order valence-electron chi connectivity index (χ2n) is 5.02. The van der Waals surface area contributed by atoms with Gasteiger partial charge < -0.3 is 11.1 Å². The number of nitrogens with two attached hydrogens (primary N) is 1. The van der Waals surface area contributed by atoms with Crippen molar-refractivity contribution in [3.05, 3.63) is 27.7 Å². The Morgan fingerprint density at radius 3 is 2.37 bits per heavy atom. The molecule has 1 unspecified atom stereocenters. The van der Waals surface area contributed by atoms with Crippen molar-refractivity contribution < 1.29 is 0 Å². The van der Waals surface area contributed by atoms with Crippen LogP contribution in [0.15, 0.2) is 12.1 Å². The van der Waals surface area contributed by atoms with Crippen molar-refractivity contribution in [2.45, 2.75) is 46.1 Å². The van der Waals surface area contributed by atoms with E-state index in [2.05, 4.69) is 19.2 Å². The van der Waals surface area contributed by atoms with Crippen molar-refractivity contribution in [3.8, 4) is 0 Å². The molecule has 2 nitrogen and oxygen atoms in total. The Bertz CT molecular complexity index is 371. The minimum Gasteiger partial charge on any atom is -0.396 e. The van der Waals surface area contributed by atoms with Crippen LogP contribution in [0.2, 0.25) is 10.0 Å². The van der Waals surface area contributed by atoms with E-state index in [1.165, 1.54) is 25.7 Å². The fraction of sp³-hybridized carbons (Fsp3) is 0.600. The fourth-order valence-corrected chi connectivity index (χ4v) is 2.64. The zero-order valence-electron chi connectivity index (χ0n) is 11.8. The summed E-state index contributed by atoms with van der Waals surface area (Å²) in [6, 6.07) is 3.76. The standard InChI is InChI=1S/C15H24Cl2N2/c1-3-5-6-11(4-2)9-19-10-12-7-13(16)15(18)14(17)8-12/h7-8,11,19H,3-6,9-10,18H2,1-2H3. The van der Waals surface area contributed by atoms with Crippen molar-refractivity contribution in [1.29, 1.82) is 0 Å². The molecule has 0 aliphatic carbocycles. The van der Waals surface area contributed by atoms with Crippen LogP contribution in [0.3, 0.4) is 0 Å². The van der Waals surface area contributed by atoms with E-state index in [4.69, 9.17) is 28.9 Å². The molecule has 1 atom stereocenters. The maximum atomic E-state index is 6.02.